The number of rotatable bonds is 3. The second-order valence-corrected chi connectivity index (χ2v) is 3.01. The summed E-state index contributed by atoms with van der Waals surface area (Å²) in [5.41, 5.74) is 0.767. The van der Waals surface area contributed by atoms with E-state index in [1.165, 1.54) is 19.1 Å². The molecular formula is C10H11NO3. The Bertz CT molecular complexity index is 339. The number of nitrogens with one attached hydrogen (secondary N) is 1. The molecule has 0 saturated heterocycles. The minimum absolute atomic E-state index is 0.104. The summed E-state index contributed by atoms with van der Waals surface area (Å²) in [4.78, 5) is 32.2. The zero-order valence-corrected chi connectivity index (χ0v) is 7.87. The Morgan fingerprint density at radius 1 is 1.29 bits per heavy atom. The van der Waals surface area contributed by atoms with E-state index in [1.807, 2.05) is 0 Å². The first kappa shape index (κ1) is 10.4. The maximum atomic E-state index is 10.9. The van der Waals surface area contributed by atoms with Gasteiger partial charge in [0.1, 0.15) is 0 Å². The molecule has 1 aliphatic rings. The highest BCUT2D eigenvalue weighted by Gasteiger charge is 2.12. The number of carbonyl (C=O) groups excluding carboxylic acids is 3. The van der Waals surface area contributed by atoms with Crippen LogP contribution in [0.4, 0.5) is 0 Å². The van der Waals surface area contributed by atoms with Gasteiger partial charge in [-0.25, -0.2) is 0 Å². The van der Waals surface area contributed by atoms with Crippen LogP contribution in [0.2, 0.25) is 0 Å². The Balaban J connectivity index is 2.43. The normalized spacial score (nSPS) is 15.4. The van der Waals surface area contributed by atoms with Crippen molar-refractivity contribution in [3.8, 4) is 0 Å². The fourth-order valence-corrected chi connectivity index (χ4v) is 1.09. The average molecular weight is 193 g/mol. The first-order chi connectivity index (χ1) is 6.59. The van der Waals surface area contributed by atoms with E-state index in [2.05, 4.69) is 5.32 Å². The van der Waals surface area contributed by atoms with Gasteiger partial charge in [-0.2, -0.15) is 0 Å². The molecular weight excluding hydrogens is 182 g/mol. The standard InChI is InChI=1S/C10H11NO3/c1-7(12)11-5-4-8-2-3-9(13)10(14)6-8/h2-3,6H,4-5H2,1H3,(H,11,12). The van der Waals surface area contributed by atoms with Gasteiger partial charge in [-0.15, -0.1) is 0 Å². The summed E-state index contributed by atoms with van der Waals surface area (Å²) in [7, 11) is 0. The van der Waals surface area contributed by atoms with E-state index in [0.29, 0.717) is 13.0 Å². The molecule has 1 aliphatic carbocycles. The second kappa shape index (κ2) is 4.50. The van der Waals surface area contributed by atoms with Crippen LogP contribution in [0.15, 0.2) is 23.8 Å². The van der Waals surface area contributed by atoms with Crippen LogP contribution < -0.4 is 5.32 Å². The predicted molar refractivity (Wildman–Crippen MR) is 50.5 cm³/mol. The van der Waals surface area contributed by atoms with Gasteiger partial charge in [-0.1, -0.05) is 6.08 Å². The molecule has 0 aromatic rings. The lowest BCUT2D eigenvalue weighted by atomic mass is 10.0. The van der Waals surface area contributed by atoms with E-state index in [-0.39, 0.29) is 5.91 Å². The van der Waals surface area contributed by atoms with Crippen molar-refractivity contribution in [2.75, 3.05) is 6.54 Å². The van der Waals surface area contributed by atoms with E-state index in [1.54, 1.807) is 6.08 Å². The van der Waals surface area contributed by atoms with Crippen LogP contribution in [0.1, 0.15) is 13.3 Å². The van der Waals surface area contributed by atoms with E-state index in [0.717, 1.165) is 5.57 Å². The SMILES string of the molecule is CC(=O)NCCC1=CC(=O)C(=O)C=C1. The molecule has 0 spiro atoms. The summed E-state index contributed by atoms with van der Waals surface area (Å²) in [5.74, 6) is -1.09. The monoisotopic (exact) mass is 193 g/mol. The fourth-order valence-electron chi connectivity index (χ4n) is 1.09. The number of carbonyl (C=O) groups is 3. The van der Waals surface area contributed by atoms with Gasteiger partial charge < -0.3 is 5.32 Å². The quantitative estimate of drug-likeness (QED) is 0.512. The van der Waals surface area contributed by atoms with Gasteiger partial charge in [0.2, 0.25) is 17.5 Å². The third-order valence-electron chi connectivity index (χ3n) is 1.80. The van der Waals surface area contributed by atoms with Crippen molar-refractivity contribution in [1.29, 1.82) is 0 Å². The van der Waals surface area contributed by atoms with Gasteiger partial charge in [0.25, 0.3) is 0 Å². The third-order valence-corrected chi connectivity index (χ3v) is 1.80. The lowest BCUT2D eigenvalue weighted by molar-refractivity contribution is -0.131. The zero-order chi connectivity index (χ0) is 10.6. The zero-order valence-electron chi connectivity index (χ0n) is 7.87. The summed E-state index contributed by atoms with van der Waals surface area (Å²) in [6.45, 7) is 1.91. The molecule has 0 atom stereocenters. The number of amides is 1. The first-order valence-corrected chi connectivity index (χ1v) is 4.31. The van der Waals surface area contributed by atoms with Crippen molar-refractivity contribution in [2.24, 2.45) is 0 Å². The van der Waals surface area contributed by atoms with Crippen molar-refractivity contribution in [3.05, 3.63) is 23.8 Å². The van der Waals surface area contributed by atoms with E-state index in [4.69, 9.17) is 0 Å². The Kier molecular flexibility index (Phi) is 3.34. The Morgan fingerprint density at radius 2 is 2.00 bits per heavy atom. The Morgan fingerprint density at radius 3 is 2.57 bits per heavy atom. The van der Waals surface area contributed by atoms with Gasteiger partial charge in [0, 0.05) is 13.5 Å². The maximum absolute atomic E-state index is 10.9. The molecule has 14 heavy (non-hydrogen) atoms. The van der Waals surface area contributed by atoms with E-state index >= 15 is 0 Å². The minimum Gasteiger partial charge on any atom is -0.356 e. The molecule has 0 saturated carbocycles. The number of hydrogen-bond donors (Lipinski definition) is 1. The summed E-state index contributed by atoms with van der Waals surface area (Å²) in [6, 6.07) is 0. The average Bonchev–Trinajstić information content (AvgIpc) is 2.10. The molecule has 0 bridgehead atoms. The van der Waals surface area contributed by atoms with Gasteiger partial charge in [0.05, 0.1) is 0 Å². The van der Waals surface area contributed by atoms with Crippen LogP contribution in [0.3, 0.4) is 0 Å². The molecule has 0 aliphatic heterocycles. The number of hydrogen-bond acceptors (Lipinski definition) is 3. The van der Waals surface area contributed by atoms with Gasteiger partial charge in [-0.05, 0) is 24.1 Å². The van der Waals surface area contributed by atoms with Crippen LogP contribution in [-0.2, 0) is 14.4 Å². The highest BCUT2D eigenvalue weighted by atomic mass is 16.2. The highest BCUT2D eigenvalue weighted by Crippen LogP contribution is 2.07. The lowest BCUT2D eigenvalue weighted by Gasteiger charge is -2.05. The van der Waals surface area contributed by atoms with Gasteiger partial charge in [-0.3, -0.25) is 14.4 Å². The summed E-state index contributed by atoms with van der Waals surface area (Å²) >= 11 is 0. The molecule has 0 aromatic heterocycles. The lowest BCUT2D eigenvalue weighted by Crippen LogP contribution is -2.22. The summed E-state index contributed by atoms with van der Waals surface area (Å²) in [5, 5.41) is 2.61. The molecule has 74 valence electrons. The van der Waals surface area contributed by atoms with E-state index < -0.39 is 11.6 Å². The van der Waals surface area contributed by atoms with Gasteiger partial charge >= 0.3 is 0 Å². The van der Waals surface area contributed by atoms with Crippen molar-refractivity contribution in [3.63, 3.8) is 0 Å². The van der Waals surface area contributed by atoms with Crippen molar-refractivity contribution in [1.82, 2.24) is 5.32 Å². The van der Waals surface area contributed by atoms with Crippen LogP contribution in [-0.4, -0.2) is 24.0 Å². The molecule has 1 N–H and O–H groups in total. The Labute approximate surface area is 81.7 Å². The first-order valence-electron chi connectivity index (χ1n) is 4.31. The maximum Gasteiger partial charge on any atom is 0.225 e. The van der Waals surface area contributed by atoms with Crippen molar-refractivity contribution >= 4 is 17.5 Å². The summed E-state index contributed by atoms with van der Waals surface area (Å²) < 4.78 is 0. The number of allylic oxidation sites excluding steroid dienone is 3. The molecule has 1 amide bonds. The Hall–Kier alpha value is -1.71. The van der Waals surface area contributed by atoms with Crippen molar-refractivity contribution in [2.45, 2.75) is 13.3 Å². The molecule has 0 heterocycles. The largest absolute Gasteiger partial charge is 0.356 e. The molecule has 0 aromatic carbocycles. The topological polar surface area (TPSA) is 63.2 Å². The van der Waals surface area contributed by atoms with Crippen LogP contribution in [0, 0.1) is 0 Å². The third kappa shape index (κ3) is 2.97. The molecule has 0 radical (unpaired) electrons. The summed E-state index contributed by atoms with van der Waals surface area (Å²) in [6.07, 6.45) is 4.73. The van der Waals surface area contributed by atoms with E-state index in [9.17, 15) is 14.4 Å². The van der Waals surface area contributed by atoms with Crippen LogP contribution in [0.5, 0.6) is 0 Å². The van der Waals surface area contributed by atoms with Crippen LogP contribution >= 0.6 is 0 Å². The minimum atomic E-state index is -0.495. The molecule has 0 unspecified atom stereocenters. The molecule has 0 fully saturated rings. The van der Waals surface area contributed by atoms with Crippen LogP contribution in [0.25, 0.3) is 0 Å². The molecule has 4 heteroatoms. The van der Waals surface area contributed by atoms with Gasteiger partial charge in [0.15, 0.2) is 0 Å². The predicted octanol–water partition coefficient (Wildman–Crippen LogP) is 0.147. The second-order valence-electron chi connectivity index (χ2n) is 3.01. The fraction of sp³-hybridized carbons (Fsp3) is 0.300. The number of ketones is 2. The molecule has 4 nitrogen and oxygen atoms in total. The smallest absolute Gasteiger partial charge is 0.225 e. The highest BCUT2D eigenvalue weighted by molar-refractivity contribution is 6.46. The molecule has 1 rings (SSSR count). The van der Waals surface area contributed by atoms with Crippen molar-refractivity contribution < 1.29 is 14.4 Å².